The molecule has 1 aliphatic rings. The van der Waals surface area contributed by atoms with Crippen LogP contribution in [0.1, 0.15) is 30.9 Å². The Hall–Kier alpha value is -1.25. The Labute approximate surface area is 89.0 Å². The Morgan fingerprint density at radius 1 is 1.47 bits per heavy atom. The van der Waals surface area contributed by atoms with E-state index in [4.69, 9.17) is 9.47 Å². The van der Waals surface area contributed by atoms with Crippen molar-refractivity contribution >= 4 is 0 Å². The van der Waals surface area contributed by atoms with Crippen molar-refractivity contribution < 1.29 is 13.9 Å². The van der Waals surface area contributed by atoms with Gasteiger partial charge in [-0.25, -0.2) is 4.39 Å². The zero-order chi connectivity index (χ0) is 11.0. The molecule has 0 saturated carbocycles. The molecule has 2 rings (SSSR count). The van der Waals surface area contributed by atoms with Crippen molar-refractivity contribution in [2.24, 2.45) is 0 Å². The minimum absolute atomic E-state index is 0.127. The molecule has 0 amide bonds. The maximum Gasteiger partial charge on any atom is 0.167 e. The summed E-state index contributed by atoms with van der Waals surface area (Å²) in [5.74, 6) is 1.26. The summed E-state index contributed by atoms with van der Waals surface area (Å²) in [5, 5.41) is 0. The molecule has 0 radical (unpaired) electrons. The van der Waals surface area contributed by atoms with Gasteiger partial charge < -0.3 is 9.47 Å². The number of fused-ring (bicyclic) bond motifs is 1. The molecule has 0 N–H and O–H groups in total. The molecular weight excluding hydrogens is 195 g/mol. The maximum absolute atomic E-state index is 14.0. The first kappa shape index (κ1) is 10.3. The van der Waals surface area contributed by atoms with Crippen molar-refractivity contribution in [3.05, 3.63) is 23.0 Å². The third-order valence-electron chi connectivity index (χ3n) is 2.74. The Morgan fingerprint density at radius 3 is 2.80 bits per heavy atom. The molecule has 0 aromatic heterocycles. The minimum Gasteiger partial charge on any atom is -0.493 e. The predicted octanol–water partition coefficient (Wildman–Crippen LogP) is 2.89. The van der Waals surface area contributed by atoms with Gasteiger partial charge in [0.15, 0.2) is 11.5 Å². The molecule has 1 heterocycles. The van der Waals surface area contributed by atoms with Gasteiger partial charge in [0.25, 0.3) is 0 Å². The van der Waals surface area contributed by atoms with Crippen LogP contribution in [0.3, 0.4) is 0 Å². The monoisotopic (exact) mass is 210 g/mol. The van der Waals surface area contributed by atoms with Crippen LogP contribution in [0.4, 0.5) is 4.39 Å². The number of hydrogen-bond acceptors (Lipinski definition) is 2. The highest BCUT2D eigenvalue weighted by Crippen LogP contribution is 2.40. The summed E-state index contributed by atoms with van der Waals surface area (Å²) in [7, 11) is 1.58. The molecule has 0 aliphatic carbocycles. The molecule has 0 spiro atoms. The second kappa shape index (κ2) is 3.72. The van der Waals surface area contributed by atoms with Crippen molar-refractivity contribution in [1.29, 1.82) is 0 Å². The number of methoxy groups -OCH3 is 1. The molecule has 0 fully saturated rings. The van der Waals surface area contributed by atoms with Crippen LogP contribution in [-0.2, 0) is 6.42 Å². The summed E-state index contributed by atoms with van der Waals surface area (Å²) in [6.45, 7) is 4.49. The summed E-state index contributed by atoms with van der Waals surface area (Å²) in [4.78, 5) is 0. The van der Waals surface area contributed by atoms with Crippen LogP contribution in [-0.4, -0.2) is 13.7 Å². The topological polar surface area (TPSA) is 18.5 Å². The van der Waals surface area contributed by atoms with Gasteiger partial charge in [0.05, 0.1) is 13.7 Å². The van der Waals surface area contributed by atoms with E-state index in [2.05, 4.69) is 0 Å². The second-order valence-corrected chi connectivity index (χ2v) is 4.04. The first-order chi connectivity index (χ1) is 7.15. The summed E-state index contributed by atoms with van der Waals surface area (Å²) < 4.78 is 24.6. The van der Waals surface area contributed by atoms with Crippen molar-refractivity contribution in [3.63, 3.8) is 0 Å². The third kappa shape index (κ3) is 1.56. The van der Waals surface area contributed by atoms with E-state index in [1.165, 1.54) is 0 Å². The fourth-order valence-corrected chi connectivity index (χ4v) is 1.90. The molecule has 15 heavy (non-hydrogen) atoms. The second-order valence-electron chi connectivity index (χ2n) is 4.04. The van der Waals surface area contributed by atoms with Crippen molar-refractivity contribution in [2.75, 3.05) is 13.7 Å². The van der Waals surface area contributed by atoms with E-state index in [0.717, 1.165) is 0 Å². The van der Waals surface area contributed by atoms with Gasteiger partial charge >= 0.3 is 0 Å². The van der Waals surface area contributed by atoms with Gasteiger partial charge in [0, 0.05) is 12.0 Å². The van der Waals surface area contributed by atoms with Crippen LogP contribution < -0.4 is 9.47 Å². The number of ether oxygens (including phenoxy) is 2. The zero-order valence-electron chi connectivity index (χ0n) is 9.26. The van der Waals surface area contributed by atoms with Gasteiger partial charge in [-0.15, -0.1) is 0 Å². The standard InChI is InChI=1S/C12H15FO2/c1-7(2)9-6-10(14-3)12-8(11(9)13)4-5-15-12/h6-7H,4-5H2,1-3H3. The quantitative estimate of drug-likeness (QED) is 0.747. The van der Waals surface area contributed by atoms with E-state index in [9.17, 15) is 4.39 Å². The Balaban J connectivity index is 2.61. The highest BCUT2D eigenvalue weighted by Gasteiger charge is 2.25. The van der Waals surface area contributed by atoms with Gasteiger partial charge in [-0.05, 0) is 17.5 Å². The Morgan fingerprint density at radius 2 is 2.20 bits per heavy atom. The fraction of sp³-hybridized carbons (Fsp3) is 0.500. The lowest BCUT2D eigenvalue weighted by atomic mass is 9.98. The van der Waals surface area contributed by atoms with Gasteiger partial charge in [-0.1, -0.05) is 13.8 Å². The van der Waals surface area contributed by atoms with E-state index in [-0.39, 0.29) is 11.7 Å². The summed E-state index contributed by atoms with van der Waals surface area (Å²) in [6.07, 6.45) is 0.637. The van der Waals surface area contributed by atoms with Crippen molar-refractivity contribution in [2.45, 2.75) is 26.2 Å². The van der Waals surface area contributed by atoms with E-state index < -0.39 is 0 Å². The smallest absolute Gasteiger partial charge is 0.167 e. The van der Waals surface area contributed by atoms with E-state index >= 15 is 0 Å². The fourth-order valence-electron chi connectivity index (χ4n) is 1.90. The predicted molar refractivity (Wildman–Crippen MR) is 56.2 cm³/mol. The number of hydrogen-bond donors (Lipinski definition) is 0. The van der Waals surface area contributed by atoms with Crippen LogP contribution >= 0.6 is 0 Å². The first-order valence-corrected chi connectivity index (χ1v) is 5.17. The lowest BCUT2D eigenvalue weighted by molar-refractivity contribution is 0.325. The molecule has 0 saturated heterocycles. The highest BCUT2D eigenvalue weighted by atomic mass is 19.1. The van der Waals surface area contributed by atoms with E-state index in [0.29, 0.717) is 35.7 Å². The molecule has 0 bridgehead atoms. The molecule has 1 aliphatic heterocycles. The number of benzene rings is 1. The third-order valence-corrected chi connectivity index (χ3v) is 2.74. The normalized spacial score (nSPS) is 13.9. The van der Waals surface area contributed by atoms with Crippen molar-refractivity contribution in [1.82, 2.24) is 0 Å². The highest BCUT2D eigenvalue weighted by molar-refractivity contribution is 5.53. The van der Waals surface area contributed by atoms with E-state index in [1.807, 2.05) is 13.8 Å². The van der Waals surface area contributed by atoms with Gasteiger partial charge in [0.2, 0.25) is 0 Å². The largest absolute Gasteiger partial charge is 0.493 e. The molecular formula is C12H15FO2. The SMILES string of the molecule is COc1cc(C(C)C)c(F)c2c1OCC2. The minimum atomic E-state index is -0.127. The zero-order valence-corrected chi connectivity index (χ0v) is 9.26. The van der Waals surface area contributed by atoms with Crippen LogP contribution in [0.15, 0.2) is 6.07 Å². The van der Waals surface area contributed by atoms with Crippen LogP contribution in [0.5, 0.6) is 11.5 Å². The lowest BCUT2D eigenvalue weighted by Crippen LogP contribution is -1.99. The first-order valence-electron chi connectivity index (χ1n) is 5.17. The van der Waals surface area contributed by atoms with Crippen LogP contribution in [0, 0.1) is 5.82 Å². The summed E-state index contributed by atoms with van der Waals surface area (Å²) in [6, 6.07) is 1.74. The summed E-state index contributed by atoms with van der Waals surface area (Å²) >= 11 is 0. The van der Waals surface area contributed by atoms with Gasteiger partial charge in [0.1, 0.15) is 5.82 Å². The summed E-state index contributed by atoms with van der Waals surface area (Å²) in [5.41, 5.74) is 1.37. The van der Waals surface area contributed by atoms with Crippen molar-refractivity contribution in [3.8, 4) is 11.5 Å². The van der Waals surface area contributed by atoms with Crippen LogP contribution in [0.2, 0.25) is 0 Å². The number of halogens is 1. The molecule has 1 aromatic rings. The molecule has 0 atom stereocenters. The van der Waals surface area contributed by atoms with Gasteiger partial charge in [-0.3, -0.25) is 0 Å². The Bertz CT molecular complexity index is 386. The molecule has 82 valence electrons. The van der Waals surface area contributed by atoms with Crippen LogP contribution in [0.25, 0.3) is 0 Å². The molecule has 2 nitrogen and oxygen atoms in total. The van der Waals surface area contributed by atoms with Gasteiger partial charge in [-0.2, -0.15) is 0 Å². The molecule has 3 heteroatoms. The average molecular weight is 210 g/mol. The number of rotatable bonds is 2. The maximum atomic E-state index is 14.0. The molecule has 1 aromatic carbocycles. The molecule has 0 unspecified atom stereocenters. The van der Waals surface area contributed by atoms with E-state index in [1.54, 1.807) is 13.2 Å². The Kier molecular flexibility index (Phi) is 2.55. The average Bonchev–Trinajstić information content (AvgIpc) is 2.67. The lowest BCUT2D eigenvalue weighted by Gasteiger charge is -2.13.